The summed E-state index contributed by atoms with van der Waals surface area (Å²) in [5.74, 6) is 0.386. The monoisotopic (exact) mass is 209 g/mol. The average Bonchev–Trinajstić information content (AvgIpc) is 2.20. The first-order valence-electron chi connectivity index (χ1n) is 5.37. The zero-order chi connectivity index (χ0) is 11.1. The number of hydroxylamine groups is 2. The summed E-state index contributed by atoms with van der Waals surface area (Å²) in [4.78, 5) is 0. The fourth-order valence-corrected chi connectivity index (χ4v) is 1.56. The van der Waals surface area contributed by atoms with Crippen LogP contribution in [0.3, 0.4) is 0 Å². The maximum atomic E-state index is 9.51. The van der Waals surface area contributed by atoms with E-state index < -0.39 is 0 Å². The Labute approximate surface area is 90.9 Å². The van der Waals surface area contributed by atoms with Crippen LogP contribution in [0.25, 0.3) is 0 Å². The summed E-state index contributed by atoms with van der Waals surface area (Å²) in [5, 5.41) is 19.6. The van der Waals surface area contributed by atoms with Gasteiger partial charge < -0.3 is 10.3 Å². The van der Waals surface area contributed by atoms with E-state index in [-0.39, 0.29) is 0 Å². The highest BCUT2D eigenvalue weighted by atomic mass is 16.5. The smallest absolute Gasteiger partial charge is 0.118 e. The molecule has 0 radical (unpaired) electrons. The van der Waals surface area contributed by atoms with Gasteiger partial charge in [-0.2, -0.15) is 5.06 Å². The third kappa shape index (κ3) is 4.81. The Balaban J connectivity index is 2.18. The van der Waals surface area contributed by atoms with Gasteiger partial charge in [0.05, 0.1) is 0 Å². The first-order valence-corrected chi connectivity index (χ1v) is 5.37. The van der Waals surface area contributed by atoms with Gasteiger partial charge in [-0.05, 0) is 30.9 Å². The molecule has 3 nitrogen and oxygen atoms in total. The van der Waals surface area contributed by atoms with E-state index in [0.717, 1.165) is 31.2 Å². The van der Waals surface area contributed by atoms with Crippen LogP contribution in [0.5, 0.6) is 5.75 Å². The van der Waals surface area contributed by atoms with Crippen LogP contribution in [0.1, 0.15) is 24.8 Å². The van der Waals surface area contributed by atoms with Gasteiger partial charge in [-0.1, -0.05) is 24.6 Å². The summed E-state index contributed by atoms with van der Waals surface area (Å²) in [7, 11) is 1.66. The van der Waals surface area contributed by atoms with Gasteiger partial charge in [-0.3, -0.25) is 0 Å². The standard InChI is InChI=1S/C12H19NO2/c1-13(15)10-6-2-3-7-11-8-4-5-9-12(11)14/h4-5,8-9,14-15H,2-3,6-7,10H2,1H3. The Morgan fingerprint density at radius 2 is 1.87 bits per heavy atom. The molecule has 0 spiro atoms. The van der Waals surface area contributed by atoms with Crippen molar-refractivity contribution in [3.8, 4) is 5.75 Å². The Kier molecular flexibility index (Phi) is 5.15. The van der Waals surface area contributed by atoms with E-state index in [4.69, 9.17) is 5.21 Å². The van der Waals surface area contributed by atoms with Gasteiger partial charge >= 0.3 is 0 Å². The third-order valence-corrected chi connectivity index (χ3v) is 2.42. The Morgan fingerprint density at radius 1 is 1.13 bits per heavy atom. The number of para-hydroxylation sites is 1. The van der Waals surface area contributed by atoms with Gasteiger partial charge in [-0.15, -0.1) is 0 Å². The lowest BCUT2D eigenvalue weighted by molar-refractivity contribution is -0.0655. The molecule has 0 atom stereocenters. The zero-order valence-corrected chi connectivity index (χ0v) is 9.19. The molecule has 1 aromatic carbocycles. The Morgan fingerprint density at radius 3 is 2.53 bits per heavy atom. The second-order valence-electron chi connectivity index (χ2n) is 3.82. The molecule has 0 unspecified atom stereocenters. The Hall–Kier alpha value is -1.06. The highest BCUT2D eigenvalue weighted by molar-refractivity contribution is 5.31. The second kappa shape index (κ2) is 6.43. The van der Waals surface area contributed by atoms with Crippen molar-refractivity contribution in [2.24, 2.45) is 0 Å². The molecule has 84 valence electrons. The topological polar surface area (TPSA) is 43.7 Å². The molecule has 0 heterocycles. The van der Waals surface area contributed by atoms with E-state index in [0.29, 0.717) is 12.3 Å². The number of benzene rings is 1. The van der Waals surface area contributed by atoms with E-state index in [1.165, 1.54) is 5.06 Å². The van der Waals surface area contributed by atoms with E-state index in [1.807, 2.05) is 18.2 Å². The van der Waals surface area contributed by atoms with E-state index in [9.17, 15) is 5.11 Å². The molecule has 0 amide bonds. The molecule has 0 aliphatic carbocycles. The quantitative estimate of drug-likeness (QED) is 0.558. The van der Waals surface area contributed by atoms with Crippen LogP contribution in [0.15, 0.2) is 24.3 Å². The van der Waals surface area contributed by atoms with Crippen LogP contribution in [0.4, 0.5) is 0 Å². The minimum atomic E-state index is 0.386. The summed E-state index contributed by atoms with van der Waals surface area (Å²) < 4.78 is 0. The molecule has 0 bridgehead atoms. The third-order valence-electron chi connectivity index (χ3n) is 2.42. The molecule has 2 N–H and O–H groups in total. The molecule has 0 aromatic heterocycles. The van der Waals surface area contributed by atoms with Crippen LogP contribution in [0.2, 0.25) is 0 Å². The number of aryl methyl sites for hydroxylation is 1. The number of hydrogen-bond donors (Lipinski definition) is 2. The van der Waals surface area contributed by atoms with E-state index in [2.05, 4.69) is 0 Å². The van der Waals surface area contributed by atoms with E-state index >= 15 is 0 Å². The number of rotatable bonds is 6. The molecule has 0 aliphatic heterocycles. The first-order chi connectivity index (χ1) is 7.20. The highest BCUT2D eigenvalue weighted by Gasteiger charge is 1.99. The van der Waals surface area contributed by atoms with Crippen LogP contribution >= 0.6 is 0 Å². The summed E-state index contributed by atoms with van der Waals surface area (Å²) >= 11 is 0. The molecule has 1 aromatic rings. The summed E-state index contributed by atoms with van der Waals surface area (Å²) in [6.45, 7) is 0.709. The van der Waals surface area contributed by atoms with Gasteiger partial charge in [0, 0.05) is 13.6 Å². The van der Waals surface area contributed by atoms with Crippen molar-refractivity contribution in [1.29, 1.82) is 0 Å². The largest absolute Gasteiger partial charge is 0.508 e. The van der Waals surface area contributed by atoms with Crippen molar-refractivity contribution in [1.82, 2.24) is 5.06 Å². The van der Waals surface area contributed by atoms with Crippen LogP contribution < -0.4 is 0 Å². The van der Waals surface area contributed by atoms with Gasteiger partial charge in [0.1, 0.15) is 5.75 Å². The zero-order valence-electron chi connectivity index (χ0n) is 9.19. The molecule has 0 fully saturated rings. The number of nitrogens with zero attached hydrogens (tertiary/aromatic N) is 1. The second-order valence-corrected chi connectivity index (χ2v) is 3.82. The molecule has 3 heteroatoms. The summed E-state index contributed by atoms with van der Waals surface area (Å²) in [5.41, 5.74) is 1.01. The summed E-state index contributed by atoms with van der Waals surface area (Å²) in [6, 6.07) is 7.44. The predicted octanol–water partition coefficient (Wildman–Crippen LogP) is 2.43. The molecule has 0 saturated carbocycles. The maximum absolute atomic E-state index is 9.51. The fourth-order valence-electron chi connectivity index (χ4n) is 1.56. The highest BCUT2D eigenvalue weighted by Crippen LogP contribution is 2.18. The van der Waals surface area contributed by atoms with Gasteiger partial charge in [0.2, 0.25) is 0 Å². The van der Waals surface area contributed by atoms with Crippen molar-refractivity contribution in [2.75, 3.05) is 13.6 Å². The van der Waals surface area contributed by atoms with E-state index in [1.54, 1.807) is 13.1 Å². The van der Waals surface area contributed by atoms with Crippen molar-refractivity contribution in [3.63, 3.8) is 0 Å². The van der Waals surface area contributed by atoms with Crippen molar-refractivity contribution >= 4 is 0 Å². The van der Waals surface area contributed by atoms with Crippen molar-refractivity contribution in [3.05, 3.63) is 29.8 Å². The lowest BCUT2D eigenvalue weighted by Gasteiger charge is -2.07. The average molecular weight is 209 g/mol. The number of unbranched alkanes of at least 4 members (excludes halogenated alkanes) is 2. The molecule has 0 saturated heterocycles. The van der Waals surface area contributed by atoms with Crippen molar-refractivity contribution < 1.29 is 10.3 Å². The first kappa shape index (κ1) is 12.0. The molecule has 15 heavy (non-hydrogen) atoms. The SMILES string of the molecule is CN(O)CCCCCc1ccccc1O. The fraction of sp³-hybridized carbons (Fsp3) is 0.500. The lowest BCUT2D eigenvalue weighted by Crippen LogP contribution is -2.13. The normalized spacial score (nSPS) is 10.9. The molecular formula is C12H19NO2. The number of hydrogen-bond acceptors (Lipinski definition) is 3. The number of phenolic OH excluding ortho intramolecular Hbond substituents is 1. The predicted molar refractivity (Wildman–Crippen MR) is 60.1 cm³/mol. The van der Waals surface area contributed by atoms with Gasteiger partial charge in [0.25, 0.3) is 0 Å². The van der Waals surface area contributed by atoms with Crippen LogP contribution in [0, 0.1) is 0 Å². The van der Waals surface area contributed by atoms with Crippen LogP contribution in [-0.2, 0) is 6.42 Å². The molecular weight excluding hydrogens is 190 g/mol. The van der Waals surface area contributed by atoms with Crippen LogP contribution in [-0.4, -0.2) is 29.0 Å². The van der Waals surface area contributed by atoms with Gasteiger partial charge in [0.15, 0.2) is 0 Å². The molecule has 1 rings (SSSR count). The van der Waals surface area contributed by atoms with Crippen molar-refractivity contribution in [2.45, 2.75) is 25.7 Å². The number of phenols is 1. The minimum absolute atomic E-state index is 0.386. The Bertz CT molecular complexity index is 287. The number of aromatic hydroxyl groups is 1. The molecule has 0 aliphatic rings. The van der Waals surface area contributed by atoms with Gasteiger partial charge in [-0.25, -0.2) is 0 Å². The summed E-state index contributed by atoms with van der Waals surface area (Å²) in [6.07, 6.45) is 4.01. The minimum Gasteiger partial charge on any atom is -0.508 e. The maximum Gasteiger partial charge on any atom is 0.118 e. The lowest BCUT2D eigenvalue weighted by atomic mass is 10.1.